The Labute approximate surface area is 203 Å². The molecule has 0 saturated carbocycles. The first-order chi connectivity index (χ1) is 16.1. The highest BCUT2D eigenvalue weighted by Gasteiger charge is 2.23. The van der Waals surface area contributed by atoms with Crippen LogP contribution in [0.3, 0.4) is 0 Å². The van der Waals surface area contributed by atoms with Gasteiger partial charge in [-0.25, -0.2) is 13.7 Å². The normalized spacial score (nSPS) is 17.4. The Morgan fingerprint density at radius 2 is 0.583 bits per heavy atom. The molecule has 0 heterocycles. The van der Waals surface area contributed by atoms with Crippen molar-refractivity contribution in [3.05, 3.63) is 0 Å². The smallest absolute Gasteiger partial charge is 0.394 e. The van der Waals surface area contributed by atoms with Gasteiger partial charge in [-0.05, 0) is 0 Å². The zero-order valence-corrected chi connectivity index (χ0v) is 20.9. The lowest BCUT2D eigenvalue weighted by Gasteiger charge is -2.15. The summed E-state index contributed by atoms with van der Waals surface area (Å²) in [5.74, 6) is 0. The average molecular weight is 606 g/mol. The molecule has 0 aromatic heterocycles. The van der Waals surface area contributed by atoms with Gasteiger partial charge in [0.15, 0.2) is 0 Å². The minimum atomic E-state index is -4.62. The average Bonchev–Trinajstić information content (AvgIpc) is 2.76. The van der Waals surface area contributed by atoms with E-state index in [0.717, 1.165) is 0 Å². The number of phosphoric ester groups is 3. The highest BCUT2D eigenvalue weighted by Crippen LogP contribution is 2.36. The Bertz CT molecular complexity index is 585. The van der Waals surface area contributed by atoms with Crippen LogP contribution in [0.4, 0.5) is 0 Å². The molecule has 15 N–H and O–H groups in total. The van der Waals surface area contributed by atoms with Gasteiger partial charge < -0.3 is 75.3 Å². The Morgan fingerprint density at radius 1 is 0.417 bits per heavy atom. The molecule has 0 aromatic carbocycles. The van der Waals surface area contributed by atoms with Crippen LogP contribution >= 0.6 is 23.5 Å². The maximum Gasteiger partial charge on any atom is 0.469 e. The van der Waals surface area contributed by atoms with E-state index in [1.54, 1.807) is 0 Å². The van der Waals surface area contributed by atoms with Crippen molar-refractivity contribution in [3.8, 4) is 0 Å². The molecule has 0 bridgehead atoms. The molecule has 21 nitrogen and oxygen atoms in total. The Balaban J connectivity index is -0.000000454. The third kappa shape index (κ3) is 28.5. The van der Waals surface area contributed by atoms with Crippen molar-refractivity contribution in [1.82, 2.24) is 0 Å². The first kappa shape index (κ1) is 40.5. The number of hydrogen-bond donors (Lipinski definition) is 15. The first-order valence-corrected chi connectivity index (χ1v) is 13.7. The maximum absolute atomic E-state index is 10.1. The molecule has 0 amide bonds. The first-order valence-electron chi connectivity index (χ1n) is 9.11. The molecule has 0 spiro atoms. The van der Waals surface area contributed by atoms with Gasteiger partial charge in [0.1, 0.15) is 36.6 Å². The van der Waals surface area contributed by atoms with Crippen LogP contribution in [0, 0.1) is 0 Å². The predicted octanol–water partition coefficient (Wildman–Crippen LogP) is -6.57. The molecule has 0 aliphatic heterocycles. The van der Waals surface area contributed by atoms with E-state index in [4.69, 9.17) is 75.3 Å². The lowest BCUT2D eigenvalue weighted by atomic mass is 10.2. The van der Waals surface area contributed by atoms with Crippen LogP contribution in [0.2, 0.25) is 0 Å². The van der Waals surface area contributed by atoms with Crippen molar-refractivity contribution in [1.29, 1.82) is 0 Å². The lowest BCUT2D eigenvalue weighted by molar-refractivity contribution is -0.0381. The fourth-order valence-corrected chi connectivity index (χ4v) is 2.26. The standard InChI is InChI=1S/3C4H11O7P/c3*5-1-3(6)4(7)2-11-12(8,9)10/h3*3-7H,1-2H2,(H2,8,9,10)/t2*3-,4+;3-,4-/m001/s1. The quantitative estimate of drug-likeness (QED) is 0.0770. The topological polar surface area (TPSA) is 382 Å². The second-order valence-electron chi connectivity index (χ2n) is 6.31. The largest absolute Gasteiger partial charge is 0.469 e. The third-order valence-corrected chi connectivity index (χ3v) is 4.59. The number of phosphoric acid groups is 3. The van der Waals surface area contributed by atoms with Crippen LogP contribution in [0.1, 0.15) is 0 Å². The van der Waals surface area contributed by atoms with E-state index in [9.17, 15) is 13.7 Å². The monoisotopic (exact) mass is 606 g/mol. The fraction of sp³-hybridized carbons (Fsp3) is 1.00. The van der Waals surface area contributed by atoms with Crippen molar-refractivity contribution >= 4 is 23.5 Å². The van der Waals surface area contributed by atoms with Gasteiger partial charge in [-0.3, -0.25) is 13.6 Å². The predicted molar refractivity (Wildman–Crippen MR) is 111 cm³/mol. The van der Waals surface area contributed by atoms with Crippen molar-refractivity contribution in [3.63, 3.8) is 0 Å². The van der Waals surface area contributed by atoms with Crippen molar-refractivity contribution in [2.45, 2.75) is 36.6 Å². The summed E-state index contributed by atoms with van der Waals surface area (Å²) in [4.78, 5) is 48.9. The van der Waals surface area contributed by atoms with Gasteiger partial charge in [0.25, 0.3) is 0 Å². The van der Waals surface area contributed by atoms with E-state index >= 15 is 0 Å². The molecule has 0 radical (unpaired) electrons. The second-order valence-corrected chi connectivity index (χ2v) is 10.0. The van der Waals surface area contributed by atoms with E-state index in [1.165, 1.54) is 0 Å². The van der Waals surface area contributed by atoms with Crippen LogP contribution in [-0.4, -0.2) is 152 Å². The zero-order valence-electron chi connectivity index (χ0n) is 18.2. The van der Waals surface area contributed by atoms with Crippen LogP contribution in [0.25, 0.3) is 0 Å². The maximum atomic E-state index is 10.1. The van der Waals surface area contributed by atoms with Gasteiger partial charge in [-0.15, -0.1) is 0 Å². The van der Waals surface area contributed by atoms with E-state index in [-0.39, 0.29) is 0 Å². The van der Waals surface area contributed by atoms with E-state index in [1.807, 2.05) is 0 Å². The summed E-state index contributed by atoms with van der Waals surface area (Å²) in [6.07, 6.45) is -8.92. The Kier molecular flexibility index (Phi) is 22.4. The molecule has 36 heavy (non-hydrogen) atoms. The zero-order chi connectivity index (χ0) is 29.3. The molecule has 0 aliphatic rings. The highest BCUT2D eigenvalue weighted by atomic mass is 31.2. The molecule has 0 aromatic rings. The van der Waals surface area contributed by atoms with Crippen molar-refractivity contribution in [2.75, 3.05) is 39.6 Å². The summed E-state index contributed by atoms with van der Waals surface area (Å²) >= 11 is 0. The minimum absolute atomic E-state index is 0.703. The SMILES string of the molecule is O=P(O)(O)OC[C@@H](O)[C@@H](O)CO.O=P(O)(O)OC[C@@H](O)[C@@H](O)CO.O=P(O)(O)OC[C@@H](O)[C@H](O)CO. The highest BCUT2D eigenvalue weighted by molar-refractivity contribution is 7.46. The number of rotatable bonds is 15. The molecule has 0 aliphatic carbocycles. The summed E-state index contributed by atoms with van der Waals surface area (Å²) in [6, 6.07) is 0. The van der Waals surface area contributed by atoms with E-state index < -0.39 is 99.7 Å². The molecule has 6 atom stereocenters. The summed E-state index contributed by atoms with van der Waals surface area (Å²) in [7, 11) is -13.9. The van der Waals surface area contributed by atoms with Crippen LogP contribution < -0.4 is 0 Å². The molecule has 0 saturated heterocycles. The molecule has 0 fully saturated rings. The molecule has 222 valence electrons. The summed E-state index contributed by atoms with van der Waals surface area (Å²) < 4.78 is 41.8. The van der Waals surface area contributed by atoms with Gasteiger partial charge in [0, 0.05) is 0 Å². The van der Waals surface area contributed by atoms with E-state index in [2.05, 4.69) is 13.6 Å². The van der Waals surface area contributed by atoms with Crippen LogP contribution in [0.15, 0.2) is 0 Å². The third-order valence-electron chi connectivity index (χ3n) is 3.13. The fourth-order valence-electron chi connectivity index (χ4n) is 1.22. The van der Waals surface area contributed by atoms with Gasteiger partial charge in [0.2, 0.25) is 0 Å². The van der Waals surface area contributed by atoms with Gasteiger partial charge in [-0.2, -0.15) is 0 Å². The van der Waals surface area contributed by atoms with E-state index in [0.29, 0.717) is 0 Å². The van der Waals surface area contributed by atoms with Gasteiger partial charge >= 0.3 is 23.5 Å². The van der Waals surface area contributed by atoms with Crippen LogP contribution in [0.5, 0.6) is 0 Å². The van der Waals surface area contributed by atoms with Gasteiger partial charge in [0.05, 0.1) is 39.6 Å². The Hall–Kier alpha value is -0.0300. The number of hydrogen-bond acceptors (Lipinski definition) is 15. The summed E-state index contributed by atoms with van der Waals surface area (Å²) in [5.41, 5.74) is 0. The Morgan fingerprint density at radius 3 is 0.694 bits per heavy atom. The molecule has 0 unspecified atom stereocenters. The van der Waals surface area contributed by atoms with Crippen molar-refractivity contribution < 1.29 is 103 Å². The van der Waals surface area contributed by atoms with Crippen molar-refractivity contribution in [2.24, 2.45) is 0 Å². The molecule has 24 heteroatoms. The summed E-state index contributed by atoms with van der Waals surface area (Å²) in [6.45, 7) is -4.30. The molecular formula is C12H33O21P3. The van der Waals surface area contributed by atoms with Crippen LogP contribution in [-0.2, 0) is 27.3 Å². The lowest BCUT2D eigenvalue weighted by Crippen LogP contribution is -2.32. The molecule has 0 rings (SSSR count). The van der Waals surface area contributed by atoms with Gasteiger partial charge in [-0.1, -0.05) is 0 Å². The minimum Gasteiger partial charge on any atom is -0.394 e. The summed E-state index contributed by atoms with van der Waals surface area (Å²) in [5, 5.41) is 77.3. The number of aliphatic hydroxyl groups excluding tert-OH is 9. The molecular weight excluding hydrogens is 573 g/mol. The second kappa shape index (κ2) is 20.0. The number of aliphatic hydroxyl groups is 9.